The van der Waals surface area contributed by atoms with E-state index in [9.17, 15) is 9.59 Å². The Morgan fingerprint density at radius 2 is 1.77 bits per heavy atom. The zero-order chi connectivity index (χ0) is 18.9. The molecule has 0 saturated heterocycles. The first-order valence-corrected chi connectivity index (χ1v) is 8.15. The fourth-order valence-electron chi connectivity index (χ4n) is 2.36. The molecule has 26 heavy (non-hydrogen) atoms. The van der Waals surface area contributed by atoms with Crippen LogP contribution < -0.4 is 9.64 Å². The van der Waals surface area contributed by atoms with Crippen molar-refractivity contribution in [3.63, 3.8) is 0 Å². The maximum absolute atomic E-state index is 12.7. The lowest BCUT2D eigenvalue weighted by molar-refractivity contribution is -0.126. The molecule has 1 atom stereocenters. The van der Waals surface area contributed by atoms with Crippen LogP contribution >= 0.6 is 0 Å². The Labute approximate surface area is 152 Å². The molecular formula is C20H20N2O4. The Bertz CT molecular complexity index is 782. The first kappa shape index (κ1) is 19.0. The monoisotopic (exact) mass is 352 g/mol. The van der Waals surface area contributed by atoms with Gasteiger partial charge in [-0.3, -0.25) is 4.79 Å². The van der Waals surface area contributed by atoms with Crippen LogP contribution in [0.5, 0.6) is 5.75 Å². The molecule has 1 amide bonds. The van der Waals surface area contributed by atoms with Crippen molar-refractivity contribution in [2.45, 2.75) is 19.4 Å². The molecular weight excluding hydrogens is 332 g/mol. The Kier molecular flexibility index (Phi) is 6.75. The fourth-order valence-corrected chi connectivity index (χ4v) is 2.36. The topological polar surface area (TPSA) is 79.6 Å². The Morgan fingerprint density at radius 3 is 2.35 bits per heavy atom. The summed E-state index contributed by atoms with van der Waals surface area (Å²) in [5.74, 6) is -0.354. The van der Waals surface area contributed by atoms with Gasteiger partial charge in [0.15, 0.2) is 6.10 Å². The van der Waals surface area contributed by atoms with E-state index in [-0.39, 0.29) is 18.9 Å². The van der Waals surface area contributed by atoms with Crippen LogP contribution in [0.1, 0.15) is 23.7 Å². The predicted octanol–water partition coefficient (Wildman–Crippen LogP) is 3.19. The summed E-state index contributed by atoms with van der Waals surface area (Å²) in [4.78, 5) is 26.4. The van der Waals surface area contributed by atoms with E-state index in [0.717, 1.165) is 0 Å². The largest absolute Gasteiger partial charge is 0.497 e. The van der Waals surface area contributed by atoms with Crippen LogP contribution in [0.3, 0.4) is 0 Å². The van der Waals surface area contributed by atoms with Gasteiger partial charge in [-0.05, 0) is 43.3 Å². The third-order valence-corrected chi connectivity index (χ3v) is 3.74. The van der Waals surface area contributed by atoms with Gasteiger partial charge >= 0.3 is 5.97 Å². The van der Waals surface area contributed by atoms with E-state index in [0.29, 0.717) is 17.0 Å². The number of hydrogen-bond donors (Lipinski definition) is 0. The van der Waals surface area contributed by atoms with Gasteiger partial charge in [0.1, 0.15) is 5.75 Å². The normalized spacial score (nSPS) is 11.1. The molecule has 1 unspecified atom stereocenters. The third-order valence-electron chi connectivity index (χ3n) is 3.74. The van der Waals surface area contributed by atoms with Gasteiger partial charge in [0.25, 0.3) is 5.91 Å². The number of benzene rings is 2. The van der Waals surface area contributed by atoms with Crippen molar-refractivity contribution in [1.29, 1.82) is 5.26 Å². The van der Waals surface area contributed by atoms with Crippen molar-refractivity contribution in [3.8, 4) is 11.8 Å². The minimum absolute atomic E-state index is 0.180. The predicted molar refractivity (Wildman–Crippen MR) is 96.9 cm³/mol. The van der Waals surface area contributed by atoms with Crippen molar-refractivity contribution in [3.05, 3.63) is 60.2 Å². The van der Waals surface area contributed by atoms with E-state index in [2.05, 4.69) is 0 Å². The number of para-hydroxylation sites is 1. The van der Waals surface area contributed by atoms with E-state index < -0.39 is 12.1 Å². The highest BCUT2D eigenvalue weighted by molar-refractivity contribution is 5.99. The fraction of sp³-hybridized carbons (Fsp3) is 0.250. The van der Waals surface area contributed by atoms with Crippen LogP contribution in [0.4, 0.5) is 5.69 Å². The molecule has 134 valence electrons. The minimum Gasteiger partial charge on any atom is -0.497 e. The molecule has 0 N–H and O–H groups in total. The number of hydrogen-bond acceptors (Lipinski definition) is 5. The molecule has 2 aromatic carbocycles. The molecule has 0 aliphatic rings. The van der Waals surface area contributed by atoms with Gasteiger partial charge in [-0.2, -0.15) is 5.26 Å². The number of methoxy groups -OCH3 is 1. The van der Waals surface area contributed by atoms with Gasteiger partial charge in [-0.25, -0.2) is 4.79 Å². The van der Waals surface area contributed by atoms with Crippen LogP contribution in [0.2, 0.25) is 0 Å². The van der Waals surface area contributed by atoms with Crippen LogP contribution in [-0.4, -0.2) is 31.6 Å². The standard InChI is InChI=1S/C20H20N2O4/c1-15(26-20(24)16-9-11-18(25-2)12-10-16)19(23)22(14-6-13-21)17-7-4-3-5-8-17/h3-5,7-12,15H,6,14H2,1-2H3. The van der Waals surface area contributed by atoms with Crippen molar-refractivity contribution in [1.82, 2.24) is 0 Å². The van der Waals surface area contributed by atoms with Crippen LogP contribution in [-0.2, 0) is 9.53 Å². The van der Waals surface area contributed by atoms with E-state index in [1.165, 1.54) is 18.9 Å². The average Bonchev–Trinajstić information content (AvgIpc) is 2.68. The number of carbonyl (C=O) groups excluding carboxylic acids is 2. The van der Waals surface area contributed by atoms with E-state index in [1.807, 2.05) is 12.1 Å². The Morgan fingerprint density at radius 1 is 1.12 bits per heavy atom. The van der Waals surface area contributed by atoms with Gasteiger partial charge < -0.3 is 14.4 Å². The summed E-state index contributed by atoms with van der Waals surface area (Å²) in [6.45, 7) is 1.75. The lowest BCUT2D eigenvalue weighted by atomic mass is 10.2. The molecule has 0 radical (unpaired) electrons. The molecule has 0 heterocycles. The second-order valence-corrected chi connectivity index (χ2v) is 5.51. The second kappa shape index (κ2) is 9.23. The molecule has 0 bridgehead atoms. The Hall–Kier alpha value is -3.33. The molecule has 0 aromatic heterocycles. The molecule has 0 fully saturated rings. The van der Waals surface area contributed by atoms with Gasteiger partial charge in [0.2, 0.25) is 0 Å². The second-order valence-electron chi connectivity index (χ2n) is 5.51. The number of ether oxygens (including phenoxy) is 2. The van der Waals surface area contributed by atoms with Gasteiger partial charge in [-0.1, -0.05) is 18.2 Å². The van der Waals surface area contributed by atoms with E-state index in [4.69, 9.17) is 14.7 Å². The van der Waals surface area contributed by atoms with Crippen molar-refractivity contribution in [2.75, 3.05) is 18.6 Å². The first-order chi connectivity index (χ1) is 12.6. The van der Waals surface area contributed by atoms with Crippen LogP contribution in [0.15, 0.2) is 54.6 Å². The van der Waals surface area contributed by atoms with Gasteiger partial charge in [0, 0.05) is 12.2 Å². The molecule has 0 aliphatic carbocycles. The minimum atomic E-state index is -0.983. The summed E-state index contributed by atoms with van der Waals surface area (Å²) in [5.41, 5.74) is 0.980. The molecule has 2 rings (SSSR count). The number of carbonyl (C=O) groups is 2. The molecule has 6 heteroatoms. The summed E-state index contributed by atoms with van der Waals surface area (Å²) in [7, 11) is 1.54. The SMILES string of the molecule is COc1ccc(C(=O)OC(C)C(=O)N(CCC#N)c2ccccc2)cc1. The molecule has 6 nitrogen and oxygen atoms in total. The molecule has 0 aliphatic heterocycles. The molecule has 0 spiro atoms. The summed E-state index contributed by atoms with van der Waals surface area (Å²) in [6, 6.07) is 17.4. The van der Waals surface area contributed by atoms with Crippen molar-refractivity contribution in [2.24, 2.45) is 0 Å². The summed E-state index contributed by atoms with van der Waals surface area (Å²) in [5, 5.41) is 8.84. The summed E-state index contributed by atoms with van der Waals surface area (Å²) >= 11 is 0. The maximum atomic E-state index is 12.7. The summed E-state index contributed by atoms with van der Waals surface area (Å²) in [6.07, 6.45) is -0.803. The van der Waals surface area contributed by atoms with E-state index >= 15 is 0 Å². The van der Waals surface area contributed by atoms with Crippen molar-refractivity contribution < 1.29 is 19.1 Å². The smallest absolute Gasteiger partial charge is 0.338 e. The molecule has 2 aromatic rings. The third kappa shape index (κ3) is 4.84. The highest BCUT2D eigenvalue weighted by atomic mass is 16.5. The Balaban J connectivity index is 2.09. The quantitative estimate of drug-likeness (QED) is 0.715. The number of nitriles is 1. The highest BCUT2D eigenvalue weighted by Gasteiger charge is 2.25. The average molecular weight is 352 g/mol. The van der Waals surface area contributed by atoms with Crippen LogP contribution in [0, 0.1) is 11.3 Å². The number of amides is 1. The maximum Gasteiger partial charge on any atom is 0.338 e. The zero-order valence-electron chi connectivity index (χ0n) is 14.7. The number of rotatable bonds is 7. The zero-order valence-corrected chi connectivity index (χ0v) is 14.7. The number of anilines is 1. The molecule has 0 saturated carbocycles. The van der Waals surface area contributed by atoms with E-state index in [1.54, 1.807) is 48.5 Å². The van der Waals surface area contributed by atoms with Crippen molar-refractivity contribution >= 4 is 17.6 Å². The lowest BCUT2D eigenvalue weighted by Gasteiger charge is -2.25. The van der Waals surface area contributed by atoms with Gasteiger partial charge in [0.05, 0.1) is 25.2 Å². The van der Waals surface area contributed by atoms with Gasteiger partial charge in [-0.15, -0.1) is 0 Å². The first-order valence-electron chi connectivity index (χ1n) is 8.15. The van der Waals surface area contributed by atoms with Crippen LogP contribution in [0.25, 0.3) is 0 Å². The number of nitrogens with zero attached hydrogens (tertiary/aromatic N) is 2. The lowest BCUT2D eigenvalue weighted by Crippen LogP contribution is -2.40. The number of esters is 1. The highest BCUT2D eigenvalue weighted by Crippen LogP contribution is 2.17. The summed E-state index contributed by atoms with van der Waals surface area (Å²) < 4.78 is 10.3.